The van der Waals surface area contributed by atoms with Crippen molar-refractivity contribution >= 4 is 23.5 Å². The summed E-state index contributed by atoms with van der Waals surface area (Å²) in [6.45, 7) is 7.77. The number of hydrogen-bond acceptors (Lipinski definition) is 6. The molecule has 0 bridgehead atoms. The van der Waals surface area contributed by atoms with Crippen LogP contribution < -0.4 is 0 Å². The number of hydrogen-bond donors (Lipinski definition) is 0. The number of rotatable bonds is 4. The monoisotopic (exact) mass is 458 g/mol. The Morgan fingerprint density at radius 1 is 1.12 bits per heavy atom. The molecule has 2 unspecified atom stereocenters. The molecule has 2 fully saturated rings. The largest absolute Gasteiger partial charge is 0.458 e. The van der Waals surface area contributed by atoms with Crippen LogP contribution in [0.5, 0.6) is 0 Å². The third-order valence-electron chi connectivity index (χ3n) is 8.60. The van der Waals surface area contributed by atoms with Crippen molar-refractivity contribution in [3.63, 3.8) is 0 Å². The van der Waals surface area contributed by atoms with E-state index in [2.05, 4.69) is 6.08 Å². The molecule has 178 valence electrons. The molecular formula is C26H31FO6. The smallest absolute Gasteiger partial charge is 0.303 e. The first-order valence-electron chi connectivity index (χ1n) is 11.5. The fraction of sp³-hybridized carbons (Fsp3) is 0.615. The summed E-state index contributed by atoms with van der Waals surface area (Å²) in [6.07, 6.45) is 6.73. The van der Waals surface area contributed by atoms with Crippen LogP contribution >= 0.6 is 0 Å². The van der Waals surface area contributed by atoms with Crippen molar-refractivity contribution in [2.45, 2.75) is 65.7 Å². The highest BCUT2D eigenvalue weighted by molar-refractivity contribution is 6.01. The van der Waals surface area contributed by atoms with Crippen molar-refractivity contribution in [1.29, 1.82) is 0 Å². The van der Waals surface area contributed by atoms with Crippen LogP contribution in [0, 0.1) is 28.6 Å². The first kappa shape index (κ1) is 23.6. The van der Waals surface area contributed by atoms with E-state index >= 15 is 4.39 Å². The highest BCUT2D eigenvalue weighted by Gasteiger charge is 2.70. The van der Waals surface area contributed by atoms with Gasteiger partial charge in [-0.1, -0.05) is 31.6 Å². The predicted molar refractivity (Wildman–Crippen MR) is 118 cm³/mol. The third-order valence-corrected chi connectivity index (χ3v) is 8.60. The van der Waals surface area contributed by atoms with E-state index in [0.717, 1.165) is 5.57 Å². The number of alkyl halides is 1. The van der Waals surface area contributed by atoms with Crippen LogP contribution in [0.15, 0.2) is 35.5 Å². The molecule has 0 amide bonds. The number of esters is 2. The van der Waals surface area contributed by atoms with Gasteiger partial charge in [0.2, 0.25) is 5.78 Å². The maximum atomic E-state index is 15.5. The Morgan fingerprint density at radius 3 is 2.45 bits per heavy atom. The second-order valence-electron chi connectivity index (χ2n) is 10.4. The van der Waals surface area contributed by atoms with E-state index in [-0.39, 0.29) is 30.0 Å². The lowest BCUT2D eigenvalue weighted by Gasteiger charge is -2.54. The molecule has 4 rings (SSSR count). The Hall–Kier alpha value is -2.57. The zero-order valence-electron chi connectivity index (χ0n) is 19.8. The van der Waals surface area contributed by atoms with Gasteiger partial charge in [0.05, 0.1) is 0 Å². The Labute approximate surface area is 193 Å². The van der Waals surface area contributed by atoms with Crippen LogP contribution in [0.1, 0.15) is 53.9 Å². The molecule has 4 aliphatic carbocycles. The Morgan fingerprint density at radius 2 is 1.82 bits per heavy atom. The molecule has 2 saturated carbocycles. The van der Waals surface area contributed by atoms with E-state index in [1.54, 1.807) is 6.08 Å². The fourth-order valence-corrected chi connectivity index (χ4v) is 7.23. The Balaban J connectivity index is 1.81. The molecule has 0 aliphatic heterocycles. The van der Waals surface area contributed by atoms with Gasteiger partial charge >= 0.3 is 11.9 Å². The lowest BCUT2D eigenvalue weighted by atomic mass is 9.51. The van der Waals surface area contributed by atoms with Crippen LogP contribution in [-0.4, -0.2) is 41.9 Å². The SMILES string of the molecule is CC(=O)OCC(=O)[C@@]1(OC(C)=O)C(C)C[C@H]2[C@@H]3CC(F)C4=CC(=O)C=C[C@]4(C)C3=CC[C@@]21C. The summed E-state index contributed by atoms with van der Waals surface area (Å²) in [5.74, 6) is -2.42. The van der Waals surface area contributed by atoms with Gasteiger partial charge in [-0.3, -0.25) is 19.2 Å². The van der Waals surface area contributed by atoms with E-state index in [9.17, 15) is 19.2 Å². The average Bonchev–Trinajstić information content (AvgIpc) is 2.95. The van der Waals surface area contributed by atoms with Crippen molar-refractivity contribution in [1.82, 2.24) is 0 Å². The zero-order valence-corrected chi connectivity index (χ0v) is 19.8. The molecule has 33 heavy (non-hydrogen) atoms. The second-order valence-corrected chi connectivity index (χ2v) is 10.4. The predicted octanol–water partition coefficient (Wildman–Crippen LogP) is 3.84. The van der Waals surface area contributed by atoms with Crippen molar-refractivity contribution in [2.75, 3.05) is 6.61 Å². The number of ether oxygens (including phenoxy) is 2. The first-order valence-corrected chi connectivity index (χ1v) is 11.5. The third kappa shape index (κ3) is 3.26. The Kier molecular flexibility index (Phi) is 5.53. The number of Topliss-reactive ketones (excluding diaryl/α,β-unsaturated/α-hetero) is 1. The molecule has 0 aromatic carbocycles. The summed E-state index contributed by atoms with van der Waals surface area (Å²) in [7, 11) is 0. The minimum Gasteiger partial charge on any atom is -0.458 e. The van der Waals surface area contributed by atoms with Gasteiger partial charge in [0.1, 0.15) is 6.17 Å². The number of carbonyl (C=O) groups is 4. The molecule has 0 saturated heterocycles. The molecule has 7 atom stereocenters. The lowest BCUT2D eigenvalue weighted by molar-refractivity contribution is -0.190. The number of ketones is 2. The van der Waals surface area contributed by atoms with Gasteiger partial charge in [-0.15, -0.1) is 0 Å². The van der Waals surface area contributed by atoms with Crippen LogP contribution in [0.4, 0.5) is 4.39 Å². The number of halogens is 1. The van der Waals surface area contributed by atoms with Gasteiger partial charge < -0.3 is 9.47 Å². The van der Waals surface area contributed by atoms with Gasteiger partial charge in [-0.05, 0) is 55.7 Å². The molecule has 6 nitrogen and oxygen atoms in total. The summed E-state index contributed by atoms with van der Waals surface area (Å²) < 4.78 is 26.3. The summed E-state index contributed by atoms with van der Waals surface area (Å²) in [6, 6.07) is 0. The van der Waals surface area contributed by atoms with Crippen LogP contribution in [0.25, 0.3) is 0 Å². The molecule has 0 aromatic rings. The van der Waals surface area contributed by atoms with Crippen LogP contribution in [0.3, 0.4) is 0 Å². The molecule has 0 aromatic heterocycles. The molecule has 0 heterocycles. The molecule has 4 aliphatic rings. The van der Waals surface area contributed by atoms with Crippen molar-refractivity contribution < 1.29 is 33.0 Å². The maximum Gasteiger partial charge on any atom is 0.303 e. The minimum absolute atomic E-state index is 0.115. The highest BCUT2D eigenvalue weighted by atomic mass is 19.1. The normalized spacial score (nSPS) is 41.2. The highest BCUT2D eigenvalue weighted by Crippen LogP contribution is 2.67. The Bertz CT molecular complexity index is 1020. The van der Waals surface area contributed by atoms with Crippen molar-refractivity contribution in [3.8, 4) is 0 Å². The lowest BCUT2D eigenvalue weighted by Crippen LogP contribution is -2.60. The van der Waals surface area contributed by atoms with E-state index in [4.69, 9.17) is 9.47 Å². The van der Waals surface area contributed by atoms with Crippen molar-refractivity contribution in [2.24, 2.45) is 28.6 Å². The maximum absolute atomic E-state index is 15.5. The fourth-order valence-electron chi connectivity index (χ4n) is 7.23. The molecule has 0 spiro atoms. The van der Waals surface area contributed by atoms with E-state index in [0.29, 0.717) is 18.4 Å². The summed E-state index contributed by atoms with van der Waals surface area (Å²) >= 11 is 0. The average molecular weight is 459 g/mol. The second kappa shape index (κ2) is 7.74. The van der Waals surface area contributed by atoms with Gasteiger partial charge in [0, 0.05) is 30.6 Å². The van der Waals surface area contributed by atoms with Gasteiger partial charge in [0.15, 0.2) is 18.0 Å². The summed E-state index contributed by atoms with van der Waals surface area (Å²) in [4.78, 5) is 49.1. The standard InChI is InChI=1S/C26H31FO6/c1-14-10-20-18-12-22(27)21-11-17(30)6-8-24(21,4)19(18)7-9-25(20,5)26(14,33-16(3)29)23(31)13-32-15(2)28/h6-8,11,14,18,20,22H,9-10,12-13H2,1-5H3/t14?,18-,20+,22?,24-,25+,26+/m1/s1. The molecule has 0 N–H and O–H groups in total. The number of carbonyl (C=O) groups excluding carboxylic acids is 4. The van der Waals surface area contributed by atoms with Crippen LogP contribution in [0.2, 0.25) is 0 Å². The van der Waals surface area contributed by atoms with Gasteiger partial charge in [0.25, 0.3) is 0 Å². The molecule has 7 heteroatoms. The summed E-state index contributed by atoms with van der Waals surface area (Å²) in [5, 5.41) is 0. The summed E-state index contributed by atoms with van der Waals surface area (Å²) in [5.41, 5.74) is -1.39. The number of fused-ring (bicyclic) bond motifs is 5. The topological polar surface area (TPSA) is 86.7 Å². The zero-order chi connectivity index (χ0) is 24.3. The van der Waals surface area contributed by atoms with E-state index in [1.807, 2.05) is 20.8 Å². The van der Waals surface area contributed by atoms with E-state index in [1.165, 1.54) is 26.0 Å². The van der Waals surface area contributed by atoms with Crippen molar-refractivity contribution in [3.05, 3.63) is 35.5 Å². The minimum atomic E-state index is -1.47. The molecular weight excluding hydrogens is 427 g/mol. The number of allylic oxidation sites excluding steroid dienone is 6. The van der Waals surface area contributed by atoms with E-state index < -0.39 is 46.9 Å². The van der Waals surface area contributed by atoms with Gasteiger partial charge in [-0.2, -0.15) is 0 Å². The quantitative estimate of drug-likeness (QED) is 0.470. The van der Waals surface area contributed by atoms with Crippen LogP contribution in [-0.2, 0) is 28.7 Å². The first-order chi connectivity index (χ1) is 15.4. The molecule has 0 radical (unpaired) electrons. The van der Waals surface area contributed by atoms with Gasteiger partial charge in [-0.25, -0.2) is 4.39 Å².